The fraction of sp³-hybridized carbons (Fsp3) is 0.360. The Morgan fingerprint density at radius 1 is 0.536 bits per heavy atom. The molecule has 0 unspecified atom stereocenters. The summed E-state index contributed by atoms with van der Waals surface area (Å²) in [5, 5.41) is 4.72. The summed E-state index contributed by atoms with van der Waals surface area (Å²) >= 11 is 0. The number of ether oxygens (including phenoxy) is 1. The number of fused-ring (bicyclic) bond motifs is 8. The SMILES string of the molecule is CCc1c2[nH]c(c1C)C(c1ccc(OC)cc1)=c1[nH]c(c(CC)c1C)=Cc1[nH]c(c(CC)c1CC)C(c1ccccc1CN(C)C)=c1[nH]c(c(CC)c1CC)=C2. The number of methoxy groups -OCH3 is 1. The molecule has 4 N–H and O–H groups in total. The number of aromatic amines is 4. The van der Waals surface area contributed by atoms with Crippen molar-refractivity contribution in [2.24, 2.45) is 0 Å². The van der Waals surface area contributed by atoms with Crippen LogP contribution in [-0.4, -0.2) is 46.0 Å². The Morgan fingerprint density at radius 2 is 1.11 bits per heavy atom. The molecule has 4 aromatic heterocycles. The van der Waals surface area contributed by atoms with Crippen LogP contribution in [0.5, 0.6) is 5.75 Å². The highest BCUT2D eigenvalue weighted by atomic mass is 16.5. The molecular weight excluding hydrogens is 687 g/mol. The number of benzene rings is 2. The van der Waals surface area contributed by atoms with Crippen molar-refractivity contribution in [1.29, 1.82) is 0 Å². The molecule has 8 bridgehead atoms. The summed E-state index contributed by atoms with van der Waals surface area (Å²) in [6.45, 7) is 19.2. The van der Waals surface area contributed by atoms with Gasteiger partial charge >= 0.3 is 0 Å². The van der Waals surface area contributed by atoms with E-state index >= 15 is 0 Å². The molecule has 292 valence electrons. The van der Waals surface area contributed by atoms with Gasteiger partial charge in [-0.1, -0.05) is 77.9 Å². The maximum atomic E-state index is 5.62. The topological polar surface area (TPSA) is 75.6 Å². The predicted octanol–water partition coefficient (Wildman–Crippen LogP) is 7.53. The van der Waals surface area contributed by atoms with Gasteiger partial charge in [-0.3, -0.25) is 0 Å². The number of aromatic nitrogens is 4. The normalized spacial score (nSPS) is 12.7. The summed E-state index contributed by atoms with van der Waals surface area (Å²) in [6, 6.07) is 17.6. The Bertz CT molecular complexity index is 2650. The molecule has 0 saturated heterocycles. The Kier molecular flexibility index (Phi) is 11.2. The zero-order chi connectivity index (χ0) is 39.8. The highest BCUT2D eigenvalue weighted by molar-refractivity contribution is 5.84. The van der Waals surface area contributed by atoms with Crippen LogP contribution in [0.25, 0.3) is 23.3 Å². The van der Waals surface area contributed by atoms with E-state index in [2.05, 4.69) is 155 Å². The van der Waals surface area contributed by atoms with Crippen LogP contribution in [0.2, 0.25) is 0 Å². The summed E-state index contributed by atoms with van der Waals surface area (Å²) in [6.07, 6.45) is 10.4. The molecule has 6 aromatic rings. The molecule has 1 aliphatic heterocycles. The van der Waals surface area contributed by atoms with Crippen LogP contribution >= 0.6 is 0 Å². The van der Waals surface area contributed by atoms with Gasteiger partial charge in [-0.05, 0) is 152 Å². The zero-order valence-electron chi connectivity index (χ0n) is 35.6. The van der Waals surface area contributed by atoms with Crippen molar-refractivity contribution in [3.8, 4) is 5.75 Å². The van der Waals surface area contributed by atoms with Crippen molar-refractivity contribution in [3.63, 3.8) is 0 Å². The number of nitrogens with zero attached hydrogens (tertiary/aromatic N) is 1. The van der Waals surface area contributed by atoms with Gasteiger partial charge in [0, 0.05) is 39.8 Å². The van der Waals surface area contributed by atoms with Gasteiger partial charge in [0.05, 0.1) is 29.2 Å². The fourth-order valence-electron chi connectivity index (χ4n) is 9.53. The van der Waals surface area contributed by atoms with Crippen LogP contribution < -0.4 is 26.1 Å². The summed E-state index contributed by atoms with van der Waals surface area (Å²) < 4.78 is 5.62. The number of nitrogens with one attached hydrogen (secondary N) is 4. The molecule has 0 radical (unpaired) electrons. The van der Waals surface area contributed by atoms with Crippen LogP contribution in [-0.2, 0) is 45.1 Å². The summed E-state index contributed by atoms with van der Waals surface area (Å²) in [5.74, 6) is 0.851. The van der Waals surface area contributed by atoms with E-state index in [-0.39, 0.29) is 0 Å². The third-order valence-corrected chi connectivity index (χ3v) is 12.2. The average Bonchev–Trinajstić information content (AvgIpc) is 3.91. The second-order valence-electron chi connectivity index (χ2n) is 15.6. The predicted molar refractivity (Wildman–Crippen MR) is 235 cm³/mol. The molecule has 7 rings (SSSR count). The number of rotatable bonds is 11. The van der Waals surface area contributed by atoms with E-state index < -0.39 is 0 Å². The number of H-pyrrole nitrogens is 4. The molecule has 2 aromatic carbocycles. The van der Waals surface area contributed by atoms with Crippen molar-refractivity contribution in [3.05, 3.63) is 154 Å². The van der Waals surface area contributed by atoms with Crippen LogP contribution in [0, 0.1) is 13.8 Å². The minimum absolute atomic E-state index is 0.851. The van der Waals surface area contributed by atoms with E-state index in [1.54, 1.807) is 7.11 Å². The maximum absolute atomic E-state index is 5.62. The van der Waals surface area contributed by atoms with Crippen LogP contribution in [0.4, 0.5) is 0 Å². The lowest BCUT2D eigenvalue weighted by Gasteiger charge is -2.17. The van der Waals surface area contributed by atoms with Gasteiger partial charge in [-0.15, -0.1) is 0 Å². The molecule has 56 heavy (non-hydrogen) atoms. The summed E-state index contributed by atoms with van der Waals surface area (Å²) in [7, 11) is 6.06. The average molecular weight is 748 g/mol. The van der Waals surface area contributed by atoms with E-state index in [1.165, 1.54) is 88.9 Å². The minimum atomic E-state index is 0.851. The molecule has 6 nitrogen and oxygen atoms in total. The standard InChI is InChI=1S/C50H61N5O/c1-12-34-29(7)47-45(31-22-24-33(56-11)25-23-31)48-30(8)35(13-2)42(52-48)27-44-37(15-4)39(17-6)50(54-44)46(40-21-19-18-20-32(40)28-55(9)10)49-38(16-5)36(14-3)43(53-49)26-41(34)51-47/h18-27,51-54H,12-17,28H2,1-11H3. The van der Waals surface area contributed by atoms with Crippen molar-refractivity contribution < 1.29 is 4.74 Å². The Balaban J connectivity index is 1.75. The first-order chi connectivity index (χ1) is 27.1. The van der Waals surface area contributed by atoms with E-state index in [1.807, 2.05) is 0 Å². The van der Waals surface area contributed by atoms with E-state index in [9.17, 15) is 0 Å². The molecule has 5 heterocycles. The highest BCUT2D eigenvalue weighted by Crippen LogP contribution is 2.33. The molecule has 0 amide bonds. The van der Waals surface area contributed by atoms with Crippen LogP contribution in [0.3, 0.4) is 0 Å². The Hall–Kier alpha value is -5.20. The smallest absolute Gasteiger partial charge is 0.118 e. The van der Waals surface area contributed by atoms with E-state index in [0.29, 0.717) is 0 Å². The van der Waals surface area contributed by atoms with Crippen molar-refractivity contribution in [2.45, 2.75) is 100 Å². The molecule has 0 fully saturated rings. The van der Waals surface area contributed by atoms with Crippen LogP contribution in [0.1, 0.15) is 126 Å². The molecule has 0 spiro atoms. The highest BCUT2D eigenvalue weighted by Gasteiger charge is 2.25. The van der Waals surface area contributed by atoms with Gasteiger partial charge in [-0.25, -0.2) is 0 Å². The molecule has 0 saturated carbocycles. The largest absolute Gasteiger partial charge is 0.497 e. The Labute approximate surface area is 333 Å². The van der Waals surface area contributed by atoms with Gasteiger partial charge in [0.15, 0.2) is 0 Å². The quantitative estimate of drug-likeness (QED) is 0.111. The third-order valence-electron chi connectivity index (χ3n) is 12.2. The summed E-state index contributed by atoms with van der Waals surface area (Å²) in [4.78, 5) is 18.6. The second-order valence-corrected chi connectivity index (χ2v) is 15.6. The van der Waals surface area contributed by atoms with Crippen LogP contribution in [0.15, 0.2) is 48.5 Å². The fourth-order valence-corrected chi connectivity index (χ4v) is 9.53. The molecule has 0 atom stereocenters. The molecule has 0 aliphatic carbocycles. The Morgan fingerprint density at radius 3 is 1.71 bits per heavy atom. The lowest BCUT2D eigenvalue weighted by Crippen LogP contribution is -2.20. The zero-order valence-corrected chi connectivity index (χ0v) is 35.6. The van der Waals surface area contributed by atoms with Gasteiger partial charge in [0.25, 0.3) is 0 Å². The second kappa shape index (κ2) is 16.1. The van der Waals surface area contributed by atoms with Crippen molar-refractivity contribution in [2.75, 3.05) is 21.2 Å². The first kappa shape index (κ1) is 39.1. The lowest BCUT2D eigenvalue weighted by molar-refractivity contribution is 0.402. The number of hydrogen-bond donors (Lipinski definition) is 4. The van der Waals surface area contributed by atoms with Gasteiger partial charge < -0.3 is 29.6 Å². The first-order valence-corrected chi connectivity index (χ1v) is 20.8. The molecular formula is C50H61N5O. The first-order valence-electron chi connectivity index (χ1n) is 20.8. The maximum Gasteiger partial charge on any atom is 0.118 e. The van der Waals surface area contributed by atoms with Gasteiger partial charge in [0.1, 0.15) is 5.75 Å². The molecule has 1 aliphatic rings. The molecule has 6 heteroatoms. The lowest BCUT2D eigenvalue weighted by atomic mass is 9.91. The van der Waals surface area contributed by atoms with E-state index in [4.69, 9.17) is 4.74 Å². The monoisotopic (exact) mass is 747 g/mol. The summed E-state index contributed by atoms with van der Waals surface area (Å²) in [5.41, 5.74) is 21.7. The van der Waals surface area contributed by atoms with Crippen molar-refractivity contribution >= 4 is 23.3 Å². The van der Waals surface area contributed by atoms with E-state index in [0.717, 1.165) is 78.5 Å². The van der Waals surface area contributed by atoms with Crippen molar-refractivity contribution in [1.82, 2.24) is 24.8 Å². The van der Waals surface area contributed by atoms with Gasteiger partial charge in [0.2, 0.25) is 0 Å². The third kappa shape index (κ3) is 6.62. The minimum Gasteiger partial charge on any atom is -0.497 e. The number of hydrogen-bond acceptors (Lipinski definition) is 2. The van der Waals surface area contributed by atoms with Gasteiger partial charge in [-0.2, -0.15) is 0 Å².